The molecule has 0 spiro atoms. The molecule has 0 saturated carbocycles. The summed E-state index contributed by atoms with van der Waals surface area (Å²) in [6.45, 7) is 2.01. The Balaban J connectivity index is 2.26. The van der Waals surface area contributed by atoms with Crippen molar-refractivity contribution >= 4 is 23.5 Å². The molecule has 0 aliphatic heterocycles. The van der Waals surface area contributed by atoms with Crippen LogP contribution >= 0.6 is 11.6 Å². The Bertz CT molecular complexity index is 612. The molecule has 4 nitrogen and oxygen atoms in total. The zero-order valence-corrected chi connectivity index (χ0v) is 13.5. The van der Waals surface area contributed by atoms with Gasteiger partial charge in [-0.05, 0) is 30.9 Å². The van der Waals surface area contributed by atoms with Gasteiger partial charge in [0.15, 0.2) is 0 Å². The van der Waals surface area contributed by atoms with Gasteiger partial charge in [-0.1, -0.05) is 36.7 Å². The predicted molar refractivity (Wildman–Crippen MR) is 85.9 cm³/mol. The van der Waals surface area contributed by atoms with Gasteiger partial charge in [-0.15, -0.1) is 0 Å². The minimum Gasteiger partial charge on any atom is -0.481 e. The lowest BCUT2D eigenvalue weighted by atomic mass is 9.88. The molecule has 0 aromatic heterocycles. The molecule has 2 rings (SSSR count). The molecule has 1 unspecified atom stereocenters. The summed E-state index contributed by atoms with van der Waals surface area (Å²) in [4.78, 5) is 23.7. The minimum atomic E-state index is -1.18. The van der Waals surface area contributed by atoms with E-state index in [-0.39, 0.29) is 22.5 Å². The number of carboxylic acids is 1. The highest BCUT2D eigenvalue weighted by atomic mass is 35.5. The molecule has 3 atom stereocenters. The quantitative estimate of drug-likeness (QED) is 0.807. The van der Waals surface area contributed by atoms with E-state index in [1.165, 1.54) is 18.2 Å². The predicted octanol–water partition coefficient (Wildman–Crippen LogP) is 3.51. The standard InChI is InChI=1S/C17H19ClFNO3/c1-10-5-2-3-8-14(10)20-17(23)11(9-15(21)22)16-12(18)6-4-7-13(16)19/h2-4,6-7,10-11,14H,5,8-9H2,1H3,(H,20,23)(H,21,22)/t10-,11?,14-/m1/s1. The zero-order valence-electron chi connectivity index (χ0n) is 12.8. The Kier molecular flexibility index (Phi) is 5.77. The summed E-state index contributed by atoms with van der Waals surface area (Å²) in [5.41, 5.74) is -0.0620. The van der Waals surface area contributed by atoms with E-state index in [0.717, 1.165) is 6.42 Å². The number of nitrogens with one attached hydrogen (secondary N) is 1. The lowest BCUT2D eigenvalue weighted by molar-refractivity contribution is -0.139. The molecule has 0 fully saturated rings. The smallest absolute Gasteiger partial charge is 0.304 e. The number of carbonyl (C=O) groups excluding carboxylic acids is 1. The maximum atomic E-state index is 14.1. The fourth-order valence-electron chi connectivity index (χ4n) is 2.78. The molecular formula is C17H19ClFNO3. The Morgan fingerprint density at radius 3 is 2.70 bits per heavy atom. The van der Waals surface area contributed by atoms with Gasteiger partial charge in [0.1, 0.15) is 5.82 Å². The molecule has 2 N–H and O–H groups in total. The monoisotopic (exact) mass is 339 g/mol. The van der Waals surface area contributed by atoms with Crippen LogP contribution in [0.2, 0.25) is 5.02 Å². The van der Waals surface area contributed by atoms with Crippen molar-refractivity contribution in [2.75, 3.05) is 0 Å². The summed E-state index contributed by atoms with van der Waals surface area (Å²) in [6, 6.07) is 3.96. The highest BCUT2D eigenvalue weighted by Crippen LogP contribution is 2.31. The van der Waals surface area contributed by atoms with Gasteiger partial charge in [0.05, 0.1) is 12.3 Å². The molecule has 0 bridgehead atoms. The van der Waals surface area contributed by atoms with Crippen molar-refractivity contribution in [2.24, 2.45) is 5.92 Å². The van der Waals surface area contributed by atoms with E-state index in [9.17, 15) is 14.0 Å². The first kappa shape index (κ1) is 17.5. The van der Waals surface area contributed by atoms with Gasteiger partial charge in [0.2, 0.25) is 5.91 Å². The summed E-state index contributed by atoms with van der Waals surface area (Å²) < 4.78 is 14.1. The van der Waals surface area contributed by atoms with Gasteiger partial charge < -0.3 is 10.4 Å². The summed E-state index contributed by atoms with van der Waals surface area (Å²) in [7, 11) is 0. The highest BCUT2D eigenvalue weighted by molar-refractivity contribution is 6.31. The van der Waals surface area contributed by atoms with Crippen LogP contribution in [0.3, 0.4) is 0 Å². The molecule has 0 heterocycles. The van der Waals surface area contributed by atoms with E-state index < -0.39 is 30.0 Å². The fraction of sp³-hybridized carbons (Fsp3) is 0.412. The van der Waals surface area contributed by atoms with Crippen molar-refractivity contribution in [2.45, 2.75) is 38.1 Å². The molecular weight excluding hydrogens is 321 g/mol. The van der Waals surface area contributed by atoms with Crippen molar-refractivity contribution < 1.29 is 19.1 Å². The van der Waals surface area contributed by atoms with E-state index >= 15 is 0 Å². The largest absolute Gasteiger partial charge is 0.481 e. The molecule has 0 saturated heterocycles. The number of allylic oxidation sites excluding steroid dienone is 1. The van der Waals surface area contributed by atoms with Crippen LogP contribution in [0.25, 0.3) is 0 Å². The number of rotatable bonds is 5. The Hall–Kier alpha value is -1.88. The number of aliphatic carboxylic acids is 1. The van der Waals surface area contributed by atoms with Crippen molar-refractivity contribution in [1.29, 1.82) is 0 Å². The first-order chi connectivity index (χ1) is 10.9. The van der Waals surface area contributed by atoms with Crippen LogP contribution in [0.5, 0.6) is 0 Å². The minimum absolute atomic E-state index is 0.0583. The van der Waals surface area contributed by atoms with Crippen LogP contribution in [0.1, 0.15) is 37.7 Å². The van der Waals surface area contributed by atoms with Crippen molar-refractivity contribution in [3.8, 4) is 0 Å². The van der Waals surface area contributed by atoms with E-state index in [1.807, 2.05) is 13.0 Å². The van der Waals surface area contributed by atoms with Crippen molar-refractivity contribution in [1.82, 2.24) is 5.32 Å². The van der Waals surface area contributed by atoms with Gasteiger partial charge in [-0.25, -0.2) is 4.39 Å². The third-order valence-electron chi connectivity index (χ3n) is 4.12. The number of amides is 1. The van der Waals surface area contributed by atoms with Crippen LogP contribution < -0.4 is 5.32 Å². The molecule has 6 heteroatoms. The van der Waals surface area contributed by atoms with E-state index in [2.05, 4.69) is 11.4 Å². The van der Waals surface area contributed by atoms with Crippen LogP contribution in [-0.2, 0) is 9.59 Å². The van der Waals surface area contributed by atoms with Gasteiger partial charge in [-0.2, -0.15) is 0 Å². The summed E-state index contributed by atoms with van der Waals surface area (Å²) in [5.74, 6) is -3.27. The van der Waals surface area contributed by atoms with Crippen LogP contribution in [-0.4, -0.2) is 23.0 Å². The third kappa shape index (κ3) is 4.32. The molecule has 23 heavy (non-hydrogen) atoms. The summed E-state index contributed by atoms with van der Waals surface area (Å²) >= 11 is 6.00. The molecule has 1 aromatic rings. The first-order valence-electron chi connectivity index (χ1n) is 7.51. The number of benzene rings is 1. The third-order valence-corrected chi connectivity index (χ3v) is 4.45. The summed E-state index contributed by atoms with van der Waals surface area (Å²) in [5, 5.41) is 12.0. The average Bonchev–Trinajstić information content (AvgIpc) is 2.48. The van der Waals surface area contributed by atoms with Crippen LogP contribution in [0.4, 0.5) is 4.39 Å². The lowest BCUT2D eigenvalue weighted by Crippen LogP contribution is -2.43. The second-order valence-corrected chi connectivity index (χ2v) is 6.23. The average molecular weight is 340 g/mol. The second kappa shape index (κ2) is 7.59. The maximum Gasteiger partial charge on any atom is 0.304 e. The van der Waals surface area contributed by atoms with Crippen molar-refractivity contribution in [3.63, 3.8) is 0 Å². The van der Waals surface area contributed by atoms with E-state index in [0.29, 0.717) is 6.42 Å². The first-order valence-corrected chi connectivity index (χ1v) is 7.89. The number of hydrogen-bond donors (Lipinski definition) is 2. The topological polar surface area (TPSA) is 66.4 Å². The number of hydrogen-bond acceptors (Lipinski definition) is 2. The molecule has 1 amide bonds. The fourth-order valence-corrected chi connectivity index (χ4v) is 3.07. The SMILES string of the molecule is C[C@@H]1CC=CC[C@H]1NC(=O)C(CC(=O)O)c1c(F)cccc1Cl. The Labute approximate surface area is 139 Å². The molecule has 1 aromatic carbocycles. The zero-order chi connectivity index (χ0) is 17.0. The highest BCUT2D eigenvalue weighted by Gasteiger charge is 2.31. The second-order valence-electron chi connectivity index (χ2n) is 5.82. The number of carboxylic acid groups (broad SMARTS) is 1. The van der Waals surface area contributed by atoms with Crippen LogP contribution in [0, 0.1) is 11.7 Å². The van der Waals surface area contributed by atoms with Crippen molar-refractivity contribution in [3.05, 3.63) is 46.8 Å². The Morgan fingerprint density at radius 1 is 1.39 bits per heavy atom. The number of carbonyl (C=O) groups is 2. The van der Waals surface area contributed by atoms with Gasteiger partial charge >= 0.3 is 5.97 Å². The maximum absolute atomic E-state index is 14.1. The lowest BCUT2D eigenvalue weighted by Gasteiger charge is -2.28. The van der Waals surface area contributed by atoms with Gasteiger partial charge in [0, 0.05) is 16.6 Å². The molecule has 1 aliphatic carbocycles. The Morgan fingerprint density at radius 2 is 2.09 bits per heavy atom. The summed E-state index contributed by atoms with van der Waals surface area (Å²) in [6.07, 6.45) is 5.04. The number of halogens is 2. The van der Waals surface area contributed by atoms with Crippen LogP contribution in [0.15, 0.2) is 30.4 Å². The molecule has 0 radical (unpaired) electrons. The van der Waals surface area contributed by atoms with Gasteiger partial charge in [0.25, 0.3) is 0 Å². The van der Waals surface area contributed by atoms with E-state index in [4.69, 9.17) is 16.7 Å². The normalized spacial score (nSPS) is 21.7. The molecule has 1 aliphatic rings. The van der Waals surface area contributed by atoms with E-state index in [1.54, 1.807) is 0 Å². The van der Waals surface area contributed by atoms with Gasteiger partial charge in [-0.3, -0.25) is 9.59 Å². The molecule has 124 valence electrons.